The van der Waals surface area contributed by atoms with Crippen LogP contribution < -0.4 is 10.6 Å². The monoisotopic (exact) mass is 290 g/mol. The lowest BCUT2D eigenvalue weighted by Crippen LogP contribution is -2.19. The van der Waals surface area contributed by atoms with E-state index in [1.54, 1.807) is 6.20 Å². The van der Waals surface area contributed by atoms with E-state index in [2.05, 4.69) is 42.5 Å². The van der Waals surface area contributed by atoms with Crippen molar-refractivity contribution in [2.24, 2.45) is 0 Å². The van der Waals surface area contributed by atoms with Gasteiger partial charge >= 0.3 is 0 Å². The second kappa shape index (κ2) is 7.43. The molecule has 1 unspecified atom stereocenters. The summed E-state index contributed by atoms with van der Waals surface area (Å²) in [6.07, 6.45) is 1.67. The van der Waals surface area contributed by atoms with Gasteiger partial charge in [0.1, 0.15) is 0 Å². The summed E-state index contributed by atoms with van der Waals surface area (Å²) >= 11 is 0. The maximum absolute atomic E-state index is 4.26. The number of rotatable bonds is 7. The highest BCUT2D eigenvalue weighted by atomic mass is 14.9. The quantitative estimate of drug-likeness (QED) is 0.718. The number of hydrogen-bond donors (Lipinski definition) is 2. The molecule has 112 valence electrons. The van der Waals surface area contributed by atoms with Crippen LogP contribution in [0.15, 0.2) is 86.1 Å². The van der Waals surface area contributed by atoms with Crippen molar-refractivity contribution in [2.75, 3.05) is 12.4 Å². The molecule has 0 heterocycles. The molecule has 0 aliphatic heterocycles. The summed E-state index contributed by atoms with van der Waals surface area (Å²) in [4.78, 5) is 0. The second-order valence-electron chi connectivity index (χ2n) is 5.03. The molecular formula is C20H22N2. The highest BCUT2D eigenvalue weighted by Gasteiger charge is 2.17. The SMILES string of the molecule is C=CNc1ccccc1C(=C)C(=C)C(NC)c1ccccc1. The molecule has 2 rings (SSSR count). The first-order valence-electron chi connectivity index (χ1n) is 7.26. The standard InChI is InChI=1S/C20H22N2/c1-5-22-19-14-10-9-13-18(19)15(2)16(3)20(21-4)17-11-7-6-8-12-17/h5-14,20-22H,1-3H2,4H3. The third-order valence-electron chi connectivity index (χ3n) is 3.67. The molecule has 0 spiro atoms. The van der Waals surface area contributed by atoms with Gasteiger partial charge in [-0.2, -0.15) is 0 Å². The van der Waals surface area contributed by atoms with Crippen molar-refractivity contribution in [3.05, 3.63) is 97.2 Å². The number of likely N-dealkylation sites (N-methyl/N-ethyl adjacent to an activating group) is 1. The molecule has 0 aliphatic carbocycles. The number of nitrogens with one attached hydrogen (secondary N) is 2. The van der Waals surface area contributed by atoms with E-state index < -0.39 is 0 Å². The Kier molecular flexibility index (Phi) is 5.34. The van der Waals surface area contributed by atoms with E-state index in [1.165, 1.54) is 5.56 Å². The molecule has 2 N–H and O–H groups in total. The van der Waals surface area contributed by atoms with Crippen molar-refractivity contribution in [1.82, 2.24) is 5.32 Å². The molecule has 0 radical (unpaired) electrons. The summed E-state index contributed by atoms with van der Waals surface area (Å²) in [5.74, 6) is 0. The zero-order chi connectivity index (χ0) is 15.9. The molecular weight excluding hydrogens is 268 g/mol. The molecule has 0 saturated heterocycles. The van der Waals surface area contributed by atoms with Crippen LogP contribution in [0.25, 0.3) is 5.57 Å². The Labute approximate surface area is 132 Å². The second-order valence-corrected chi connectivity index (χ2v) is 5.03. The normalized spacial score (nSPS) is 11.5. The van der Waals surface area contributed by atoms with E-state index in [0.717, 1.165) is 22.4 Å². The van der Waals surface area contributed by atoms with Gasteiger partial charge in [-0.3, -0.25) is 0 Å². The Morgan fingerprint density at radius 1 is 1.00 bits per heavy atom. The minimum atomic E-state index is 0.0329. The fourth-order valence-corrected chi connectivity index (χ4v) is 2.52. The van der Waals surface area contributed by atoms with Crippen molar-refractivity contribution in [1.29, 1.82) is 0 Å². The molecule has 22 heavy (non-hydrogen) atoms. The third kappa shape index (κ3) is 3.35. The molecule has 0 aliphatic rings. The fourth-order valence-electron chi connectivity index (χ4n) is 2.52. The van der Waals surface area contributed by atoms with Gasteiger partial charge in [-0.15, -0.1) is 0 Å². The van der Waals surface area contributed by atoms with Crippen LogP contribution in [0.1, 0.15) is 17.2 Å². The molecule has 0 bridgehead atoms. The molecule has 2 nitrogen and oxygen atoms in total. The number of para-hydroxylation sites is 1. The van der Waals surface area contributed by atoms with Crippen molar-refractivity contribution >= 4 is 11.3 Å². The average Bonchev–Trinajstić information content (AvgIpc) is 2.56. The Bertz CT molecular complexity index is 671. The largest absolute Gasteiger partial charge is 0.362 e. The van der Waals surface area contributed by atoms with E-state index in [4.69, 9.17) is 0 Å². The summed E-state index contributed by atoms with van der Waals surface area (Å²) in [6, 6.07) is 18.3. The van der Waals surface area contributed by atoms with Crippen molar-refractivity contribution in [3.8, 4) is 0 Å². The Balaban J connectivity index is 2.32. The molecule has 2 aromatic carbocycles. The lowest BCUT2D eigenvalue weighted by Gasteiger charge is -2.22. The van der Waals surface area contributed by atoms with Gasteiger partial charge in [0.15, 0.2) is 0 Å². The average molecular weight is 290 g/mol. The van der Waals surface area contributed by atoms with E-state index in [9.17, 15) is 0 Å². The summed E-state index contributed by atoms with van der Waals surface area (Å²) in [5, 5.41) is 6.47. The van der Waals surface area contributed by atoms with Gasteiger partial charge in [0.25, 0.3) is 0 Å². The molecule has 0 saturated carbocycles. The Hall–Kier alpha value is -2.58. The molecule has 1 atom stereocenters. The minimum Gasteiger partial charge on any atom is -0.362 e. The first-order valence-corrected chi connectivity index (χ1v) is 7.26. The van der Waals surface area contributed by atoms with E-state index in [1.807, 2.05) is 49.5 Å². The third-order valence-corrected chi connectivity index (χ3v) is 3.67. The van der Waals surface area contributed by atoms with Gasteiger partial charge in [-0.25, -0.2) is 0 Å². The highest BCUT2D eigenvalue weighted by Crippen LogP contribution is 2.34. The molecule has 0 fully saturated rings. The first kappa shape index (κ1) is 15.8. The Morgan fingerprint density at radius 3 is 2.27 bits per heavy atom. The summed E-state index contributed by atoms with van der Waals surface area (Å²) in [7, 11) is 1.93. The van der Waals surface area contributed by atoms with Crippen LogP contribution in [0.4, 0.5) is 5.69 Å². The molecule has 0 aromatic heterocycles. The van der Waals surface area contributed by atoms with Crippen LogP contribution in [0.5, 0.6) is 0 Å². The zero-order valence-corrected chi connectivity index (χ0v) is 13.0. The van der Waals surface area contributed by atoms with Gasteiger partial charge in [0.2, 0.25) is 0 Å². The van der Waals surface area contributed by atoms with Crippen LogP contribution in [0.3, 0.4) is 0 Å². The van der Waals surface area contributed by atoms with Gasteiger partial charge in [-0.05, 0) is 36.0 Å². The van der Waals surface area contributed by atoms with E-state index >= 15 is 0 Å². The number of benzene rings is 2. The van der Waals surface area contributed by atoms with Gasteiger partial charge in [0.05, 0.1) is 6.04 Å². The maximum Gasteiger partial charge on any atom is 0.0574 e. The zero-order valence-electron chi connectivity index (χ0n) is 13.0. The topological polar surface area (TPSA) is 24.1 Å². The van der Waals surface area contributed by atoms with Crippen molar-refractivity contribution in [3.63, 3.8) is 0 Å². The molecule has 2 heteroatoms. The minimum absolute atomic E-state index is 0.0329. The fraction of sp³-hybridized carbons (Fsp3) is 0.100. The van der Waals surface area contributed by atoms with Crippen molar-refractivity contribution < 1.29 is 0 Å². The molecule has 2 aromatic rings. The van der Waals surface area contributed by atoms with Crippen molar-refractivity contribution in [2.45, 2.75) is 6.04 Å². The maximum atomic E-state index is 4.26. The van der Waals surface area contributed by atoms with Gasteiger partial charge in [-0.1, -0.05) is 68.3 Å². The summed E-state index contributed by atoms with van der Waals surface area (Å²) in [5.41, 5.74) is 5.04. The first-order chi connectivity index (χ1) is 10.7. The summed E-state index contributed by atoms with van der Waals surface area (Å²) in [6.45, 7) is 12.2. The van der Waals surface area contributed by atoms with E-state index in [-0.39, 0.29) is 6.04 Å². The lowest BCUT2D eigenvalue weighted by molar-refractivity contribution is 0.696. The summed E-state index contributed by atoms with van der Waals surface area (Å²) < 4.78 is 0. The number of hydrogen-bond acceptors (Lipinski definition) is 2. The highest BCUT2D eigenvalue weighted by molar-refractivity contribution is 5.85. The van der Waals surface area contributed by atoms with Gasteiger partial charge in [0, 0.05) is 11.3 Å². The Morgan fingerprint density at radius 2 is 1.64 bits per heavy atom. The van der Waals surface area contributed by atoms with Crippen LogP contribution >= 0.6 is 0 Å². The van der Waals surface area contributed by atoms with Crippen LogP contribution in [0, 0.1) is 0 Å². The van der Waals surface area contributed by atoms with Gasteiger partial charge < -0.3 is 10.6 Å². The lowest BCUT2D eigenvalue weighted by atomic mass is 9.90. The molecule has 0 amide bonds. The predicted octanol–water partition coefficient (Wildman–Crippen LogP) is 4.77. The van der Waals surface area contributed by atoms with Crippen LogP contribution in [0.2, 0.25) is 0 Å². The smallest absolute Gasteiger partial charge is 0.0574 e. The number of anilines is 1. The van der Waals surface area contributed by atoms with Crippen LogP contribution in [-0.4, -0.2) is 7.05 Å². The predicted molar refractivity (Wildman–Crippen MR) is 96.7 cm³/mol. The van der Waals surface area contributed by atoms with E-state index in [0.29, 0.717) is 0 Å². The van der Waals surface area contributed by atoms with Crippen LogP contribution in [-0.2, 0) is 0 Å².